The average molecular weight is 402 g/mol. The number of carbonyl (C=O) groups is 2. The molecule has 0 saturated heterocycles. The van der Waals surface area contributed by atoms with Crippen molar-refractivity contribution >= 4 is 27.9 Å². The number of carbonyl (C=O) groups excluding carboxylic acids is 2. The first-order valence-electron chi connectivity index (χ1n) is 7.74. The molecule has 0 bridgehead atoms. The number of hydrogen-bond donors (Lipinski definition) is 2. The molecule has 8 heteroatoms. The molecule has 2 N–H and O–H groups in total. The summed E-state index contributed by atoms with van der Waals surface area (Å²) in [6, 6.07) is 2.60. The van der Waals surface area contributed by atoms with Gasteiger partial charge in [-0.15, -0.1) is 0 Å². The highest BCUT2D eigenvalue weighted by atomic mass is 79.9. The van der Waals surface area contributed by atoms with E-state index < -0.39 is 17.5 Å². The van der Waals surface area contributed by atoms with Crippen LogP contribution in [0.15, 0.2) is 16.7 Å². The lowest BCUT2D eigenvalue weighted by Crippen LogP contribution is -2.49. The second-order valence-corrected chi connectivity index (χ2v) is 7.61. The van der Waals surface area contributed by atoms with Crippen molar-refractivity contribution in [3.63, 3.8) is 0 Å². The van der Waals surface area contributed by atoms with Crippen LogP contribution in [0.5, 0.6) is 0 Å². The van der Waals surface area contributed by atoms with Crippen LogP contribution in [-0.4, -0.2) is 35.2 Å². The maximum absolute atomic E-state index is 13.1. The van der Waals surface area contributed by atoms with Gasteiger partial charge in [0.05, 0.1) is 0 Å². The number of nitrogens with zero attached hydrogens (tertiary/aromatic N) is 1. The van der Waals surface area contributed by atoms with Gasteiger partial charge in [-0.3, -0.25) is 4.79 Å². The molecule has 1 aliphatic rings. The molecule has 132 valence electrons. The monoisotopic (exact) mass is 401 g/mol. The van der Waals surface area contributed by atoms with E-state index in [9.17, 15) is 14.0 Å². The number of rotatable bonds is 4. The Morgan fingerprint density at radius 3 is 2.62 bits per heavy atom. The fraction of sp³-hybridized carbons (Fsp3) is 0.562. The predicted octanol–water partition coefficient (Wildman–Crippen LogP) is 3.02. The maximum atomic E-state index is 13.1. The van der Waals surface area contributed by atoms with Crippen molar-refractivity contribution < 1.29 is 18.7 Å². The summed E-state index contributed by atoms with van der Waals surface area (Å²) in [5.74, 6) is -0.571. The van der Waals surface area contributed by atoms with Gasteiger partial charge in [0.2, 0.25) is 0 Å². The van der Waals surface area contributed by atoms with Crippen LogP contribution in [-0.2, 0) is 4.74 Å². The van der Waals surface area contributed by atoms with Crippen LogP contribution in [0, 0.1) is 11.7 Å². The summed E-state index contributed by atoms with van der Waals surface area (Å²) in [6.07, 6.45) is 1.13. The quantitative estimate of drug-likeness (QED) is 0.759. The van der Waals surface area contributed by atoms with E-state index in [1.807, 2.05) is 20.8 Å². The van der Waals surface area contributed by atoms with Gasteiger partial charge in [-0.05, 0) is 67.6 Å². The summed E-state index contributed by atoms with van der Waals surface area (Å²) >= 11 is 2.95. The Balaban J connectivity index is 1.69. The van der Waals surface area contributed by atoms with Crippen molar-refractivity contribution in [3.05, 3.63) is 28.2 Å². The lowest BCUT2D eigenvalue weighted by molar-refractivity contribution is 0.0450. The number of amides is 2. The molecule has 1 fully saturated rings. The molecule has 6 nitrogen and oxygen atoms in total. The molecule has 0 aliphatic heterocycles. The Bertz CT molecular complexity index is 627. The van der Waals surface area contributed by atoms with Crippen molar-refractivity contribution in [2.75, 3.05) is 6.54 Å². The molecule has 1 aliphatic carbocycles. The fourth-order valence-corrected chi connectivity index (χ4v) is 2.69. The second kappa shape index (κ2) is 7.46. The number of aromatic nitrogens is 1. The second-order valence-electron chi connectivity index (χ2n) is 6.86. The van der Waals surface area contributed by atoms with Crippen molar-refractivity contribution in [2.24, 2.45) is 5.92 Å². The minimum atomic E-state index is -0.516. The van der Waals surface area contributed by atoms with Crippen molar-refractivity contribution in [3.8, 4) is 0 Å². The molecule has 2 amide bonds. The van der Waals surface area contributed by atoms with Gasteiger partial charge < -0.3 is 15.4 Å². The molecule has 1 heterocycles. The van der Waals surface area contributed by atoms with E-state index in [4.69, 9.17) is 4.74 Å². The molecule has 0 aromatic carbocycles. The standard InChI is InChI=1S/C16H21BrFN3O3/c1-16(2,3)24-15(23)20-10-6-9(7-10)8-19-14(22)12-5-4-11(18)13(17)21-12/h4-5,9-10H,6-8H2,1-3H3,(H,19,22)(H,20,23)/t9-,10-. The minimum Gasteiger partial charge on any atom is -0.444 e. The highest BCUT2D eigenvalue weighted by molar-refractivity contribution is 9.10. The van der Waals surface area contributed by atoms with Gasteiger partial charge in [0, 0.05) is 12.6 Å². The highest BCUT2D eigenvalue weighted by Crippen LogP contribution is 2.27. The van der Waals surface area contributed by atoms with Crippen LogP contribution in [0.25, 0.3) is 0 Å². The molecule has 0 radical (unpaired) electrons. The van der Waals surface area contributed by atoms with E-state index in [-0.39, 0.29) is 28.2 Å². The van der Waals surface area contributed by atoms with Crippen molar-refractivity contribution in [1.82, 2.24) is 15.6 Å². The number of nitrogens with one attached hydrogen (secondary N) is 2. The Labute approximate surface area is 148 Å². The van der Waals surface area contributed by atoms with E-state index in [0.717, 1.165) is 12.8 Å². The zero-order chi connectivity index (χ0) is 17.9. The largest absolute Gasteiger partial charge is 0.444 e. The van der Waals surface area contributed by atoms with Gasteiger partial charge in [-0.1, -0.05) is 0 Å². The molecule has 2 rings (SSSR count). The number of pyridine rings is 1. The Kier molecular flexibility index (Phi) is 5.79. The molecule has 0 atom stereocenters. The van der Waals surface area contributed by atoms with Crippen LogP contribution in [0.1, 0.15) is 44.1 Å². The topological polar surface area (TPSA) is 80.3 Å². The molecule has 0 unspecified atom stereocenters. The van der Waals surface area contributed by atoms with E-state index in [1.54, 1.807) is 0 Å². The summed E-state index contributed by atoms with van der Waals surface area (Å²) in [7, 11) is 0. The lowest BCUT2D eigenvalue weighted by atomic mass is 9.80. The van der Waals surface area contributed by atoms with Crippen molar-refractivity contribution in [1.29, 1.82) is 0 Å². The van der Waals surface area contributed by atoms with E-state index in [2.05, 4.69) is 31.5 Å². The summed E-state index contributed by atoms with van der Waals surface area (Å²) in [5.41, 5.74) is -0.358. The van der Waals surface area contributed by atoms with Crippen molar-refractivity contribution in [2.45, 2.75) is 45.3 Å². The van der Waals surface area contributed by atoms with Crippen LogP contribution >= 0.6 is 15.9 Å². The normalized spacial score (nSPS) is 20.0. The number of ether oxygens (including phenoxy) is 1. The zero-order valence-corrected chi connectivity index (χ0v) is 15.4. The van der Waals surface area contributed by atoms with Gasteiger partial charge in [-0.25, -0.2) is 14.2 Å². The molecule has 1 aromatic rings. The molecular weight excluding hydrogens is 381 g/mol. The van der Waals surface area contributed by atoms with Gasteiger partial charge >= 0.3 is 6.09 Å². The Hall–Kier alpha value is -1.70. The number of hydrogen-bond acceptors (Lipinski definition) is 4. The first kappa shape index (κ1) is 18.6. The Morgan fingerprint density at radius 2 is 2.04 bits per heavy atom. The number of alkyl carbamates (subject to hydrolysis) is 1. The predicted molar refractivity (Wildman–Crippen MR) is 90.1 cm³/mol. The summed E-state index contributed by atoms with van der Waals surface area (Å²) in [5, 5.41) is 5.57. The molecule has 1 saturated carbocycles. The van der Waals surface area contributed by atoms with E-state index in [0.29, 0.717) is 6.54 Å². The Morgan fingerprint density at radius 1 is 1.38 bits per heavy atom. The highest BCUT2D eigenvalue weighted by Gasteiger charge is 2.31. The summed E-state index contributed by atoms with van der Waals surface area (Å²) < 4.78 is 18.3. The van der Waals surface area contributed by atoms with Gasteiger partial charge in [0.15, 0.2) is 5.82 Å². The third kappa shape index (κ3) is 5.43. The maximum Gasteiger partial charge on any atom is 0.407 e. The van der Waals surface area contributed by atoms with Crippen LogP contribution in [0.2, 0.25) is 0 Å². The SMILES string of the molecule is CC(C)(C)OC(=O)N[C@H]1C[C@H](CNC(=O)c2ccc(F)c(Br)n2)C1. The third-order valence-electron chi connectivity index (χ3n) is 3.54. The molecular formula is C16H21BrFN3O3. The summed E-state index contributed by atoms with van der Waals surface area (Å²) in [6.45, 7) is 5.93. The van der Waals surface area contributed by atoms with Gasteiger partial charge in [0.25, 0.3) is 5.91 Å². The smallest absolute Gasteiger partial charge is 0.407 e. The van der Waals surface area contributed by atoms with Crippen LogP contribution in [0.4, 0.5) is 9.18 Å². The molecule has 1 aromatic heterocycles. The van der Waals surface area contributed by atoms with Crippen LogP contribution < -0.4 is 10.6 Å². The van der Waals surface area contributed by atoms with Gasteiger partial charge in [-0.2, -0.15) is 0 Å². The minimum absolute atomic E-state index is 0.0143. The zero-order valence-electron chi connectivity index (χ0n) is 13.9. The number of halogens is 2. The fourth-order valence-electron chi connectivity index (χ4n) is 2.37. The summed E-state index contributed by atoms with van der Waals surface area (Å²) in [4.78, 5) is 27.4. The average Bonchev–Trinajstić information content (AvgIpc) is 2.41. The van der Waals surface area contributed by atoms with Gasteiger partial charge in [0.1, 0.15) is 15.9 Å². The first-order chi connectivity index (χ1) is 11.1. The van der Waals surface area contributed by atoms with E-state index >= 15 is 0 Å². The molecule has 24 heavy (non-hydrogen) atoms. The van der Waals surface area contributed by atoms with Crippen LogP contribution in [0.3, 0.4) is 0 Å². The lowest BCUT2D eigenvalue weighted by Gasteiger charge is -2.36. The van der Waals surface area contributed by atoms with E-state index in [1.165, 1.54) is 12.1 Å². The first-order valence-corrected chi connectivity index (χ1v) is 8.53. The molecule has 0 spiro atoms. The third-order valence-corrected chi connectivity index (χ3v) is 4.10.